The average molecular weight is 391 g/mol. The van der Waals surface area contributed by atoms with E-state index in [9.17, 15) is 0 Å². The smallest absolute Gasteiger partial charge is 0.229 e. The van der Waals surface area contributed by atoms with E-state index in [4.69, 9.17) is 9.26 Å². The fourth-order valence-electron chi connectivity index (χ4n) is 3.61. The Hall–Kier alpha value is -3.33. The van der Waals surface area contributed by atoms with Crippen molar-refractivity contribution in [2.75, 3.05) is 7.11 Å². The molecule has 1 aliphatic heterocycles. The third kappa shape index (κ3) is 2.77. The van der Waals surface area contributed by atoms with Crippen LogP contribution in [0, 0.1) is 6.92 Å². The lowest BCUT2D eigenvalue weighted by atomic mass is 10.1. The topological polar surface area (TPSA) is 96.7 Å². The summed E-state index contributed by atoms with van der Waals surface area (Å²) in [6.07, 6.45) is 1.81. The lowest BCUT2D eigenvalue weighted by Gasteiger charge is -2.09. The summed E-state index contributed by atoms with van der Waals surface area (Å²) in [7, 11) is 1.65. The number of methoxy groups -OCH3 is 1. The van der Waals surface area contributed by atoms with Gasteiger partial charge in [-0.1, -0.05) is 30.6 Å². The predicted octanol–water partition coefficient (Wildman–Crippen LogP) is 3.12. The molecule has 1 aliphatic rings. The van der Waals surface area contributed by atoms with Crippen LogP contribution >= 0.6 is 0 Å². The van der Waals surface area contributed by atoms with Crippen LogP contribution in [0.5, 0.6) is 0 Å². The zero-order chi connectivity index (χ0) is 20.1. The molecular formula is C20H21N7O2. The number of ether oxygens (including phenoxy) is 1. The van der Waals surface area contributed by atoms with Crippen LogP contribution in [0.1, 0.15) is 42.7 Å². The summed E-state index contributed by atoms with van der Waals surface area (Å²) in [5.74, 6) is 2.80. The molecule has 0 aliphatic carbocycles. The number of benzene rings is 1. The van der Waals surface area contributed by atoms with Gasteiger partial charge in [-0.25, -0.2) is 4.98 Å². The summed E-state index contributed by atoms with van der Waals surface area (Å²) in [5, 5.41) is 13.0. The Kier molecular flexibility index (Phi) is 4.06. The lowest BCUT2D eigenvalue weighted by Crippen LogP contribution is -2.09. The maximum absolute atomic E-state index is 5.41. The first-order valence-corrected chi connectivity index (χ1v) is 9.49. The Morgan fingerprint density at radius 2 is 2.10 bits per heavy atom. The van der Waals surface area contributed by atoms with Gasteiger partial charge in [0.25, 0.3) is 0 Å². The molecule has 4 aromatic rings. The fourth-order valence-corrected chi connectivity index (χ4v) is 3.61. The van der Waals surface area contributed by atoms with Gasteiger partial charge in [-0.05, 0) is 19.1 Å². The van der Waals surface area contributed by atoms with Gasteiger partial charge in [0, 0.05) is 18.6 Å². The van der Waals surface area contributed by atoms with E-state index < -0.39 is 0 Å². The second kappa shape index (κ2) is 6.63. The first kappa shape index (κ1) is 17.7. The van der Waals surface area contributed by atoms with E-state index in [1.807, 2.05) is 13.8 Å². The molecule has 0 saturated carbocycles. The van der Waals surface area contributed by atoms with Crippen molar-refractivity contribution in [3.05, 3.63) is 47.5 Å². The third-order valence-electron chi connectivity index (χ3n) is 5.08. The second-order valence-corrected chi connectivity index (χ2v) is 7.50. The maximum atomic E-state index is 5.41. The van der Waals surface area contributed by atoms with Crippen molar-refractivity contribution in [2.45, 2.75) is 39.8 Å². The highest BCUT2D eigenvalue weighted by atomic mass is 16.5. The van der Waals surface area contributed by atoms with Gasteiger partial charge in [-0.3, -0.25) is 4.57 Å². The summed E-state index contributed by atoms with van der Waals surface area (Å²) in [5.41, 5.74) is 4.78. The van der Waals surface area contributed by atoms with Crippen molar-refractivity contribution in [1.29, 1.82) is 0 Å². The molecular weight excluding hydrogens is 370 g/mol. The molecule has 4 heterocycles. The van der Waals surface area contributed by atoms with Crippen LogP contribution in [-0.2, 0) is 17.9 Å². The van der Waals surface area contributed by atoms with E-state index in [0.717, 1.165) is 34.2 Å². The van der Waals surface area contributed by atoms with E-state index in [1.54, 1.807) is 13.4 Å². The number of nitrogens with zero attached hydrogens (tertiary/aromatic N) is 7. The highest BCUT2D eigenvalue weighted by molar-refractivity contribution is 5.71. The first-order chi connectivity index (χ1) is 14.1. The van der Waals surface area contributed by atoms with Crippen LogP contribution in [0.25, 0.3) is 28.6 Å². The molecule has 1 aromatic carbocycles. The van der Waals surface area contributed by atoms with Gasteiger partial charge in [-0.2, -0.15) is 4.98 Å². The number of aromatic nitrogens is 7. The van der Waals surface area contributed by atoms with Crippen LogP contribution in [-0.4, -0.2) is 41.6 Å². The van der Waals surface area contributed by atoms with E-state index in [2.05, 4.69) is 59.6 Å². The van der Waals surface area contributed by atoms with Crippen LogP contribution in [0.2, 0.25) is 0 Å². The molecule has 0 atom stereocenters. The molecule has 5 rings (SSSR count). The van der Waals surface area contributed by atoms with Gasteiger partial charge in [-0.15, -0.1) is 10.2 Å². The molecule has 148 valence electrons. The second-order valence-electron chi connectivity index (χ2n) is 7.50. The Morgan fingerprint density at radius 1 is 1.24 bits per heavy atom. The lowest BCUT2D eigenvalue weighted by molar-refractivity contribution is 0.174. The molecule has 9 heteroatoms. The normalized spacial score (nSPS) is 12.6. The molecule has 0 fully saturated rings. The summed E-state index contributed by atoms with van der Waals surface area (Å²) in [6, 6.07) is 6.28. The van der Waals surface area contributed by atoms with Crippen LogP contribution in [0.15, 0.2) is 29.0 Å². The number of imidazole rings is 1. The zero-order valence-electron chi connectivity index (χ0n) is 16.7. The van der Waals surface area contributed by atoms with Crippen molar-refractivity contribution in [1.82, 2.24) is 34.5 Å². The number of aryl methyl sites for hydroxylation is 1. The van der Waals surface area contributed by atoms with Crippen LogP contribution < -0.4 is 0 Å². The SMILES string of the molecule is COCc1nnc2n1Cc1c(-c3noc(C(C)C)n3)ncn1-c1ccc(C)cc1-2. The van der Waals surface area contributed by atoms with Crippen molar-refractivity contribution >= 4 is 0 Å². The van der Waals surface area contributed by atoms with E-state index >= 15 is 0 Å². The molecule has 0 amide bonds. The highest BCUT2D eigenvalue weighted by Crippen LogP contribution is 2.35. The molecule has 0 bridgehead atoms. The van der Waals surface area contributed by atoms with Gasteiger partial charge >= 0.3 is 0 Å². The number of hydrogen-bond acceptors (Lipinski definition) is 7. The predicted molar refractivity (Wildman–Crippen MR) is 105 cm³/mol. The standard InChI is InChI=1S/C20H21N7O2/c1-11(2)20-22-18(25-29-20)17-15-8-26-16(9-28-4)23-24-19(26)13-7-12(3)5-6-14(13)27(15)10-21-17/h5-7,10-11H,8-9H2,1-4H3. The molecule has 3 aromatic heterocycles. The Bertz CT molecular complexity index is 1200. The Labute approximate surface area is 167 Å². The van der Waals surface area contributed by atoms with Crippen molar-refractivity contribution < 1.29 is 9.26 Å². The maximum Gasteiger partial charge on any atom is 0.229 e. The molecule has 0 spiro atoms. The molecule has 0 saturated heterocycles. The quantitative estimate of drug-likeness (QED) is 0.464. The van der Waals surface area contributed by atoms with E-state index in [1.165, 1.54) is 0 Å². The van der Waals surface area contributed by atoms with Crippen LogP contribution in [0.3, 0.4) is 0 Å². The first-order valence-electron chi connectivity index (χ1n) is 9.49. The van der Waals surface area contributed by atoms with Gasteiger partial charge < -0.3 is 13.8 Å². The Balaban J connectivity index is 1.74. The fraction of sp³-hybridized carbons (Fsp3) is 0.350. The van der Waals surface area contributed by atoms with Gasteiger partial charge in [0.05, 0.1) is 17.9 Å². The molecule has 0 radical (unpaired) electrons. The summed E-state index contributed by atoms with van der Waals surface area (Å²) in [6.45, 7) is 7.00. The number of fused-ring (bicyclic) bond motifs is 5. The largest absolute Gasteiger partial charge is 0.377 e. The van der Waals surface area contributed by atoms with Crippen molar-refractivity contribution in [3.63, 3.8) is 0 Å². The van der Waals surface area contributed by atoms with E-state index in [0.29, 0.717) is 30.6 Å². The van der Waals surface area contributed by atoms with Gasteiger partial charge in [0.2, 0.25) is 11.7 Å². The van der Waals surface area contributed by atoms with E-state index in [-0.39, 0.29) is 5.92 Å². The van der Waals surface area contributed by atoms with Crippen molar-refractivity contribution in [2.24, 2.45) is 0 Å². The molecule has 0 N–H and O–H groups in total. The zero-order valence-corrected chi connectivity index (χ0v) is 16.7. The van der Waals surface area contributed by atoms with Crippen LogP contribution in [0.4, 0.5) is 0 Å². The van der Waals surface area contributed by atoms with Crippen molar-refractivity contribution in [3.8, 4) is 28.6 Å². The highest BCUT2D eigenvalue weighted by Gasteiger charge is 2.28. The summed E-state index contributed by atoms with van der Waals surface area (Å²) in [4.78, 5) is 9.17. The number of hydrogen-bond donors (Lipinski definition) is 0. The third-order valence-corrected chi connectivity index (χ3v) is 5.08. The summed E-state index contributed by atoms with van der Waals surface area (Å²) < 4.78 is 14.9. The van der Waals surface area contributed by atoms with Gasteiger partial charge in [0.1, 0.15) is 18.6 Å². The molecule has 0 unspecified atom stereocenters. The minimum absolute atomic E-state index is 0.152. The van der Waals surface area contributed by atoms with Gasteiger partial charge in [0.15, 0.2) is 11.6 Å². The monoisotopic (exact) mass is 391 g/mol. The summed E-state index contributed by atoms with van der Waals surface area (Å²) >= 11 is 0. The molecule has 9 nitrogen and oxygen atoms in total. The minimum Gasteiger partial charge on any atom is -0.377 e. The average Bonchev–Trinajstić information content (AvgIpc) is 3.40. The molecule has 29 heavy (non-hydrogen) atoms. The Morgan fingerprint density at radius 3 is 2.86 bits per heavy atom. The number of rotatable bonds is 4. The minimum atomic E-state index is 0.152.